The molecule has 0 radical (unpaired) electrons. The van der Waals surface area contributed by atoms with E-state index in [-0.39, 0.29) is 5.75 Å². The van der Waals surface area contributed by atoms with Gasteiger partial charge in [0.2, 0.25) is 0 Å². The molecule has 1 heterocycles. The van der Waals surface area contributed by atoms with Crippen molar-refractivity contribution in [3.05, 3.63) is 29.4 Å². The van der Waals surface area contributed by atoms with Crippen molar-refractivity contribution in [2.75, 3.05) is 0 Å². The van der Waals surface area contributed by atoms with Crippen molar-refractivity contribution in [3.8, 4) is 5.75 Å². The maximum absolute atomic E-state index is 11.1. The topological polar surface area (TPSA) is 129 Å². The molecule has 0 fully saturated rings. The number of fused-ring (bicyclic) bond motifs is 1. The van der Waals surface area contributed by atoms with Crippen LogP contribution in [0.15, 0.2) is 24.4 Å². The third-order valence-corrected chi connectivity index (χ3v) is 4.10. The first-order chi connectivity index (χ1) is 11.4. The van der Waals surface area contributed by atoms with E-state index < -0.39 is 30.4 Å². The quantitative estimate of drug-likeness (QED) is 0.471. The van der Waals surface area contributed by atoms with Crippen LogP contribution in [-0.2, 0) is 13.4 Å². The minimum Gasteiger partial charge on any atom is -0.482 e. The number of halogens is 2. The number of carboxylic acids is 1. The van der Waals surface area contributed by atoms with Crippen LogP contribution < -0.4 is 4.74 Å². The Hall–Kier alpha value is -1.65. The Morgan fingerprint density at radius 1 is 1.38 bits per heavy atom. The molecule has 8 nitrogen and oxygen atoms in total. The number of aldehydes is 1. The lowest BCUT2D eigenvalue weighted by Crippen LogP contribution is -2.51. The van der Waals surface area contributed by atoms with Crippen LogP contribution >= 0.6 is 27.9 Å². The second-order valence-electron chi connectivity index (χ2n) is 4.86. The molecule has 10 heteroatoms. The molecule has 0 amide bonds. The molecule has 1 aromatic carbocycles. The fraction of sp³-hybridized carbons (Fsp3) is 0.286. The van der Waals surface area contributed by atoms with Crippen LogP contribution in [0.1, 0.15) is 0 Å². The number of ether oxygens (including phenoxy) is 1. The normalized spacial score (nSPS) is 16.3. The van der Waals surface area contributed by atoms with Crippen LogP contribution in [0.25, 0.3) is 10.9 Å². The van der Waals surface area contributed by atoms with Gasteiger partial charge in [-0.15, -0.1) is 0 Å². The average molecular weight is 423 g/mol. The van der Waals surface area contributed by atoms with Gasteiger partial charge >= 0.3 is 5.97 Å². The molecule has 4 atom stereocenters. The number of carbonyl (C=O) groups excluding carboxylic acids is 1. The zero-order chi connectivity index (χ0) is 17.9. The number of hydrogen-bond acceptors (Lipinski definition) is 6. The molecule has 0 aliphatic heterocycles. The number of carbonyl (C=O) groups is 2. The summed E-state index contributed by atoms with van der Waals surface area (Å²) in [5, 5.41) is 29.3. The first-order valence-corrected chi connectivity index (χ1v) is 7.67. The molecular weight excluding hydrogens is 410 g/mol. The van der Waals surface area contributed by atoms with Gasteiger partial charge in [0.1, 0.15) is 11.9 Å². The van der Waals surface area contributed by atoms with Gasteiger partial charge < -0.3 is 29.8 Å². The van der Waals surface area contributed by atoms with Crippen molar-refractivity contribution in [3.63, 3.8) is 0 Å². The summed E-state index contributed by atoms with van der Waals surface area (Å²) in [5.41, 5.74) is 0.631. The molecule has 0 aliphatic carbocycles. The standard InChI is InChI=1S/C14H13BrClNO7/c15-24-9(5-18)13(11(19)12(20)14(21)22)23-8-4-17-7-3-1-2-6(16)10(7)8/h1-5,9,11-13,17,19-20H,(H,21,22)/t9-,11+,12-,13+/m0/s1. The van der Waals surface area contributed by atoms with Gasteiger partial charge in [0.15, 0.2) is 24.6 Å². The van der Waals surface area contributed by atoms with E-state index in [9.17, 15) is 19.8 Å². The van der Waals surface area contributed by atoms with Crippen LogP contribution in [0, 0.1) is 0 Å². The van der Waals surface area contributed by atoms with Gasteiger partial charge in [0.25, 0.3) is 0 Å². The maximum atomic E-state index is 11.1. The first kappa shape index (κ1) is 18.7. The van der Waals surface area contributed by atoms with Crippen LogP contribution in [-0.4, -0.2) is 57.0 Å². The molecule has 0 saturated carbocycles. The fourth-order valence-corrected chi connectivity index (χ4v) is 2.72. The van der Waals surface area contributed by atoms with Crippen LogP contribution in [0.2, 0.25) is 5.02 Å². The predicted molar refractivity (Wildman–Crippen MR) is 87.2 cm³/mol. The zero-order valence-electron chi connectivity index (χ0n) is 11.9. The van der Waals surface area contributed by atoms with Gasteiger partial charge in [-0.05, 0) is 12.1 Å². The summed E-state index contributed by atoms with van der Waals surface area (Å²) >= 11 is 8.72. The summed E-state index contributed by atoms with van der Waals surface area (Å²) in [4.78, 5) is 24.9. The third kappa shape index (κ3) is 3.70. The number of benzene rings is 1. The summed E-state index contributed by atoms with van der Waals surface area (Å²) in [5.74, 6) is -1.51. The summed E-state index contributed by atoms with van der Waals surface area (Å²) in [6, 6.07) is 5.05. The summed E-state index contributed by atoms with van der Waals surface area (Å²) in [6.07, 6.45) is -5.29. The van der Waals surface area contributed by atoms with E-state index in [0.29, 0.717) is 22.2 Å². The highest BCUT2D eigenvalue weighted by Crippen LogP contribution is 2.33. The minimum absolute atomic E-state index is 0.161. The van der Waals surface area contributed by atoms with Crippen molar-refractivity contribution in [2.45, 2.75) is 24.4 Å². The minimum atomic E-state index is -2.18. The molecule has 0 aliphatic rings. The van der Waals surface area contributed by atoms with Gasteiger partial charge in [-0.2, -0.15) is 0 Å². The number of aliphatic hydroxyl groups is 2. The van der Waals surface area contributed by atoms with E-state index in [1.807, 2.05) is 0 Å². The van der Waals surface area contributed by atoms with Crippen LogP contribution in [0.3, 0.4) is 0 Å². The smallest absolute Gasteiger partial charge is 0.335 e. The predicted octanol–water partition coefficient (Wildman–Crippen LogP) is 1.27. The second kappa shape index (κ2) is 7.95. The van der Waals surface area contributed by atoms with E-state index in [1.165, 1.54) is 6.20 Å². The van der Waals surface area contributed by atoms with Crippen molar-refractivity contribution >= 4 is 51.0 Å². The molecule has 24 heavy (non-hydrogen) atoms. The Kier molecular flexibility index (Phi) is 6.19. The van der Waals surface area contributed by atoms with Gasteiger partial charge in [-0.25, -0.2) is 4.79 Å². The number of nitrogens with one attached hydrogen (secondary N) is 1. The average Bonchev–Trinajstić information content (AvgIpc) is 2.98. The van der Waals surface area contributed by atoms with Gasteiger partial charge in [0.05, 0.1) is 32.2 Å². The summed E-state index contributed by atoms with van der Waals surface area (Å²) < 4.78 is 10.3. The number of rotatable bonds is 8. The third-order valence-electron chi connectivity index (χ3n) is 3.36. The number of aliphatic carboxylic acids is 1. The Morgan fingerprint density at radius 3 is 2.67 bits per heavy atom. The Bertz CT molecular complexity index is 737. The SMILES string of the molecule is O=C[C@H](OBr)[C@@H](Oc1c[nH]c2cccc(Cl)c12)[C@H](O)[C@H](O)C(=O)O. The van der Waals surface area contributed by atoms with Gasteiger partial charge in [0, 0.05) is 6.20 Å². The number of aliphatic hydroxyl groups excluding tert-OH is 2. The van der Waals surface area contributed by atoms with E-state index in [1.54, 1.807) is 18.2 Å². The van der Waals surface area contributed by atoms with Crippen molar-refractivity contribution < 1.29 is 33.5 Å². The van der Waals surface area contributed by atoms with E-state index >= 15 is 0 Å². The van der Waals surface area contributed by atoms with Gasteiger partial charge in [-0.1, -0.05) is 17.7 Å². The molecule has 2 aromatic rings. The summed E-state index contributed by atoms with van der Waals surface area (Å²) in [6.45, 7) is 0. The van der Waals surface area contributed by atoms with Crippen molar-refractivity contribution in [2.24, 2.45) is 0 Å². The molecule has 1 aromatic heterocycles. The highest BCUT2D eigenvalue weighted by Gasteiger charge is 2.39. The number of H-pyrrole nitrogens is 1. The molecule has 0 unspecified atom stereocenters. The van der Waals surface area contributed by atoms with Crippen LogP contribution in [0.4, 0.5) is 0 Å². The monoisotopic (exact) mass is 421 g/mol. The fourth-order valence-electron chi connectivity index (χ4n) is 2.16. The van der Waals surface area contributed by atoms with E-state index in [4.69, 9.17) is 25.3 Å². The number of carboxylic acid groups (broad SMARTS) is 1. The largest absolute Gasteiger partial charge is 0.482 e. The van der Waals surface area contributed by atoms with Crippen molar-refractivity contribution in [1.82, 2.24) is 4.98 Å². The molecule has 2 rings (SSSR count). The Balaban J connectivity index is 2.40. The Labute approximate surface area is 149 Å². The first-order valence-electron chi connectivity index (χ1n) is 6.64. The maximum Gasteiger partial charge on any atom is 0.335 e. The van der Waals surface area contributed by atoms with Crippen LogP contribution in [0.5, 0.6) is 5.75 Å². The lowest BCUT2D eigenvalue weighted by Gasteiger charge is -2.28. The number of hydrogen-bond donors (Lipinski definition) is 4. The molecule has 130 valence electrons. The molecule has 0 spiro atoms. The molecule has 0 bridgehead atoms. The van der Waals surface area contributed by atoms with E-state index in [0.717, 1.165) is 0 Å². The zero-order valence-corrected chi connectivity index (χ0v) is 14.3. The number of aromatic amines is 1. The van der Waals surface area contributed by atoms with E-state index in [2.05, 4.69) is 21.2 Å². The molecular formula is C14H13BrClNO7. The second-order valence-corrected chi connectivity index (χ2v) is 5.64. The van der Waals surface area contributed by atoms with Crippen molar-refractivity contribution in [1.29, 1.82) is 0 Å². The highest BCUT2D eigenvalue weighted by molar-refractivity contribution is 9.06. The lowest BCUT2D eigenvalue weighted by atomic mass is 10.0. The molecule has 0 saturated heterocycles. The Morgan fingerprint density at radius 2 is 2.08 bits per heavy atom. The summed E-state index contributed by atoms with van der Waals surface area (Å²) in [7, 11) is 0. The lowest BCUT2D eigenvalue weighted by molar-refractivity contribution is -0.160. The van der Waals surface area contributed by atoms with Gasteiger partial charge in [-0.3, -0.25) is 3.83 Å². The molecule has 4 N–H and O–H groups in total. The highest BCUT2D eigenvalue weighted by atomic mass is 79.9. The number of aromatic nitrogens is 1.